The Hall–Kier alpha value is -3.73. The molecular weight excluding hydrogens is 633 g/mol. The summed E-state index contributed by atoms with van der Waals surface area (Å²) in [6.07, 6.45) is -2.14. The number of anilines is 2. The van der Waals surface area contributed by atoms with E-state index >= 15 is 0 Å². The van der Waals surface area contributed by atoms with Gasteiger partial charge in [0.25, 0.3) is 5.91 Å². The zero-order valence-corrected chi connectivity index (χ0v) is 26.3. The van der Waals surface area contributed by atoms with Crippen LogP contribution in [-0.4, -0.2) is 25.2 Å². The molecule has 0 saturated carbocycles. The second-order valence-corrected chi connectivity index (χ2v) is 11.2. The lowest BCUT2D eigenvalue weighted by Crippen LogP contribution is -2.34. The Morgan fingerprint density at radius 1 is 0.907 bits per heavy atom. The number of benzene rings is 3. The molecular formula is C32H37BrF5N3O2. The number of rotatable bonds is 8. The molecule has 0 heterocycles. The smallest absolute Gasteiger partial charge is 0.258 e. The van der Waals surface area contributed by atoms with Gasteiger partial charge in [-0.2, -0.15) is 0 Å². The Labute approximate surface area is 258 Å². The van der Waals surface area contributed by atoms with Crippen LogP contribution in [0, 0.1) is 18.2 Å². The maximum atomic E-state index is 14.5. The summed E-state index contributed by atoms with van der Waals surface area (Å²) in [6, 6.07) is 17.4. The first-order valence-corrected chi connectivity index (χ1v) is 14.0. The van der Waals surface area contributed by atoms with Gasteiger partial charge in [0.05, 0.1) is 5.56 Å². The van der Waals surface area contributed by atoms with E-state index in [-0.39, 0.29) is 24.4 Å². The molecule has 0 saturated heterocycles. The lowest BCUT2D eigenvalue weighted by molar-refractivity contribution is -0.128. The Morgan fingerprint density at radius 3 is 2.00 bits per heavy atom. The van der Waals surface area contributed by atoms with Crippen LogP contribution in [0.4, 0.5) is 33.3 Å². The van der Waals surface area contributed by atoms with Gasteiger partial charge in [-0.25, -0.2) is 22.0 Å². The zero-order valence-electron chi connectivity index (χ0n) is 24.8. The molecule has 3 rings (SSSR count). The summed E-state index contributed by atoms with van der Waals surface area (Å²) in [7, 11) is 0. The molecule has 234 valence electrons. The van der Waals surface area contributed by atoms with E-state index in [2.05, 4.69) is 38.5 Å². The van der Waals surface area contributed by atoms with E-state index in [0.717, 1.165) is 21.3 Å². The van der Waals surface area contributed by atoms with Crippen molar-refractivity contribution >= 4 is 44.8 Å². The van der Waals surface area contributed by atoms with Gasteiger partial charge in [-0.15, -0.1) is 0 Å². The van der Waals surface area contributed by atoms with E-state index in [4.69, 9.17) is 0 Å². The minimum absolute atomic E-state index is 0.0278. The summed E-state index contributed by atoms with van der Waals surface area (Å²) in [5, 5.41) is 8.84. The SMILES string of the molecule is C=C(Nc1ccc(Br)cc1)c1cc(NC(=O)c2cc(CNC(=O)C(C)(C)C)ccc2F)ccc1C.CCC(F)F.FCF. The topological polar surface area (TPSA) is 70.2 Å². The molecule has 5 nitrogen and oxygen atoms in total. The number of nitrogens with one attached hydrogen (secondary N) is 3. The number of aryl methyl sites for hydroxylation is 1. The molecule has 3 aromatic rings. The standard InChI is InChI=1S/C28H29BrFN3O2.C3H6F2.CH2F2/c1-17-6-10-22(15-23(17)18(2)32-21-11-8-20(29)9-12-21)33-26(34)24-14-19(7-13-25(24)30)16-31-27(35)28(3,4)5;1-2-3(4)5;2-1-3/h6-15,32H,2,16H2,1,3-5H3,(H,31,35)(H,33,34);3H,2H2,1H3;1H2. The van der Waals surface area contributed by atoms with E-state index in [1.807, 2.05) is 58.0 Å². The van der Waals surface area contributed by atoms with E-state index in [9.17, 15) is 31.5 Å². The van der Waals surface area contributed by atoms with Crippen molar-refractivity contribution in [2.75, 3.05) is 17.6 Å². The monoisotopic (exact) mass is 669 g/mol. The van der Waals surface area contributed by atoms with E-state index in [0.29, 0.717) is 16.9 Å². The highest BCUT2D eigenvalue weighted by Gasteiger charge is 2.21. The van der Waals surface area contributed by atoms with Gasteiger partial charge in [0, 0.05) is 45.5 Å². The Balaban J connectivity index is 0.00000103. The third-order valence-electron chi connectivity index (χ3n) is 5.68. The molecule has 2 amide bonds. The number of hydrogen-bond donors (Lipinski definition) is 3. The summed E-state index contributed by atoms with van der Waals surface area (Å²) in [6.45, 7) is 11.4. The van der Waals surface area contributed by atoms with Gasteiger partial charge in [0.2, 0.25) is 19.3 Å². The normalized spacial score (nSPS) is 10.5. The van der Waals surface area contributed by atoms with E-state index < -0.39 is 30.5 Å². The number of alkyl halides is 4. The minimum Gasteiger partial charge on any atom is -0.356 e. The van der Waals surface area contributed by atoms with Crippen molar-refractivity contribution in [2.45, 2.75) is 54.0 Å². The molecule has 0 aromatic heterocycles. The Kier molecular flexibility index (Phi) is 15.7. The number of amides is 2. The van der Waals surface area contributed by atoms with Crippen molar-refractivity contribution in [3.05, 3.63) is 99.8 Å². The Morgan fingerprint density at radius 2 is 1.47 bits per heavy atom. The number of carbonyl (C=O) groups is 2. The van der Waals surface area contributed by atoms with Gasteiger partial charge in [-0.3, -0.25) is 9.59 Å². The molecule has 3 aromatic carbocycles. The van der Waals surface area contributed by atoms with Gasteiger partial charge in [-0.1, -0.05) is 62.3 Å². The van der Waals surface area contributed by atoms with Gasteiger partial charge >= 0.3 is 0 Å². The fourth-order valence-corrected chi connectivity index (χ4v) is 3.57. The fourth-order valence-electron chi connectivity index (χ4n) is 3.30. The maximum Gasteiger partial charge on any atom is 0.258 e. The first-order valence-electron chi connectivity index (χ1n) is 13.2. The fraction of sp³-hybridized carbons (Fsp3) is 0.312. The molecule has 0 atom stereocenters. The van der Waals surface area contributed by atoms with Crippen LogP contribution in [0.1, 0.15) is 61.2 Å². The predicted octanol–water partition coefficient (Wildman–Crippen LogP) is 9.44. The number of hydrogen-bond acceptors (Lipinski definition) is 3. The van der Waals surface area contributed by atoms with Crippen LogP contribution in [0.2, 0.25) is 0 Å². The molecule has 11 heteroatoms. The molecule has 0 fully saturated rings. The van der Waals surface area contributed by atoms with E-state index in [1.165, 1.54) is 19.1 Å². The second kappa shape index (κ2) is 18.0. The van der Waals surface area contributed by atoms with E-state index in [1.54, 1.807) is 18.2 Å². The lowest BCUT2D eigenvalue weighted by Gasteiger charge is -2.18. The van der Waals surface area contributed by atoms with Crippen molar-refractivity contribution in [3.8, 4) is 0 Å². The summed E-state index contributed by atoms with van der Waals surface area (Å²) in [5.74, 6) is -1.34. The van der Waals surface area contributed by atoms with Gasteiger partial charge in [0.15, 0.2) is 0 Å². The Bertz CT molecular complexity index is 1360. The lowest BCUT2D eigenvalue weighted by atomic mass is 9.95. The van der Waals surface area contributed by atoms with Gasteiger partial charge < -0.3 is 16.0 Å². The van der Waals surface area contributed by atoms with Crippen molar-refractivity contribution in [1.29, 1.82) is 0 Å². The van der Waals surface area contributed by atoms with Crippen LogP contribution in [0.5, 0.6) is 0 Å². The van der Waals surface area contributed by atoms with Crippen molar-refractivity contribution in [2.24, 2.45) is 5.41 Å². The summed E-state index contributed by atoms with van der Waals surface area (Å²) in [4.78, 5) is 25.0. The predicted molar refractivity (Wildman–Crippen MR) is 167 cm³/mol. The molecule has 0 spiro atoms. The van der Waals surface area contributed by atoms with Crippen LogP contribution >= 0.6 is 15.9 Å². The highest BCUT2D eigenvalue weighted by molar-refractivity contribution is 9.10. The second-order valence-electron chi connectivity index (χ2n) is 10.2. The van der Waals surface area contributed by atoms with Crippen LogP contribution in [0.3, 0.4) is 0 Å². The first kappa shape index (κ1) is 37.3. The highest BCUT2D eigenvalue weighted by atomic mass is 79.9. The number of halogens is 6. The molecule has 0 aliphatic carbocycles. The zero-order chi connectivity index (χ0) is 32.7. The maximum absolute atomic E-state index is 14.5. The molecule has 0 bridgehead atoms. The van der Waals surface area contributed by atoms with Crippen LogP contribution < -0.4 is 16.0 Å². The molecule has 0 radical (unpaired) electrons. The highest BCUT2D eigenvalue weighted by Crippen LogP contribution is 2.25. The summed E-state index contributed by atoms with van der Waals surface area (Å²) in [5.41, 5.74) is 3.85. The van der Waals surface area contributed by atoms with Gasteiger partial charge in [0.1, 0.15) is 5.82 Å². The van der Waals surface area contributed by atoms with Crippen LogP contribution in [0.25, 0.3) is 5.70 Å². The van der Waals surface area contributed by atoms with Crippen molar-refractivity contribution in [3.63, 3.8) is 0 Å². The molecule has 3 N–H and O–H groups in total. The van der Waals surface area contributed by atoms with Crippen molar-refractivity contribution in [1.82, 2.24) is 5.32 Å². The average molecular weight is 671 g/mol. The minimum atomic E-state index is -2.12. The van der Waals surface area contributed by atoms with Gasteiger partial charge in [-0.05, 0) is 66.6 Å². The average Bonchev–Trinajstić information content (AvgIpc) is 2.94. The van der Waals surface area contributed by atoms with Crippen molar-refractivity contribution < 1.29 is 31.5 Å². The third-order valence-corrected chi connectivity index (χ3v) is 6.21. The summed E-state index contributed by atoms with van der Waals surface area (Å²) < 4.78 is 56.2. The molecule has 43 heavy (non-hydrogen) atoms. The molecule has 0 aliphatic heterocycles. The summed E-state index contributed by atoms with van der Waals surface area (Å²) >= 11 is 3.42. The number of carbonyl (C=O) groups excluding carboxylic acids is 2. The third kappa shape index (κ3) is 13.4. The molecule has 0 aliphatic rings. The first-order chi connectivity index (χ1) is 20.1. The quantitative estimate of drug-likeness (QED) is 0.209. The largest absolute Gasteiger partial charge is 0.356 e. The molecule has 0 unspecified atom stereocenters. The van der Waals surface area contributed by atoms with Crippen LogP contribution in [-0.2, 0) is 11.3 Å². The van der Waals surface area contributed by atoms with Crippen LogP contribution in [0.15, 0.2) is 71.7 Å².